The lowest BCUT2D eigenvalue weighted by Crippen LogP contribution is -2.14. The zero-order valence-electron chi connectivity index (χ0n) is 13.2. The Morgan fingerprint density at radius 2 is 1.80 bits per heavy atom. The molecule has 2 amide bonds. The SMILES string of the molecule is Cc1cc(Br)ccc1NC(=O)c1csc(NC(=O)c2ccccc2)n1. The first-order chi connectivity index (χ1) is 12.0. The number of benzene rings is 2. The molecule has 0 fully saturated rings. The third-order valence-corrected chi connectivity index (χ3v) is 4.68. The third-order valence-electron chi connectivity index (χ3n) is 3.43. The van der Waals surface area contributed by atoms with Crippen molar-refractivity contribution in [3.63, 3.8) is 0 Å². The zero-order valence-corrected chi connectivity index (χ0v) is 15.6. The molecule has 0 unspecified atom stereocenters. The number of halogens is 1. The second-order valence-electron chi connectivity index (χ2n) is 5.27. The van der Waals surface area contributed by atoms with Crippen LogP contribution in [0.2, 0.25) is 0 Å². The van der Waals surface area contributed by atoms with E-state index in [2.05, 4.69) is 31.5 Å². The lowest BCUT2D eigenvalue weighted by atomic mass is 10.2. The second kappa shape index (κ2) is 7.58. The van der Waals surface area contributed by atoms with Crippen LogP contribution in [0.3, 0.4) is 0 Å². The number of aromatic nitrogens is 1. The Kier molecular flexibility index (Phi) is 5.25. The normalized spacial score (nSPS) is 10.3. The Bertz CT molecular complexity index is 925. The summed E-state index contributed by atoms with van der Waals surface area (Å²) in [7, 11) is 0. The molecule has 3 aromatic rings. The Morgan fingerprint density at radius 3 is 2.52 bits per heavy atom. The highest BCUT2D eigenvalue weighted by Gasteiger charge is 2.14. The molecule has 2 aromatic carbocycles. The number of hydrogen-bond acceptors (Lipinski definition) is 4. The van der Waals surface area contributed by atoms with Gasteiger partial charge in [-0.1, -0.05) is 34.1 Å². The first-order valence-corrected chi connectivity index (χ1v) is 9.09. The molecular weight excluding hydrogens is 402 g/mol. The number of carbonyl (C=O) groups is 2. The van der Waals surface area contributed by atoms with E-state index < -0.39 is 0 Å². The lowest BCUT2D eigenvalue weighted by Gasteiger charge is -2.07. The van der Waals surface area contributed by atoms with E-state index in [0.29, 0.717) is 10.7 Å². The summed E-state index contributed by atoms with van der Waals surface area (Å²) in [6.45, 7) is 1.91. The standard InChI is InChI=1S/C18H14BrN3O2S/c1-11-9-13(19)7-8-14(11)20-17(24)15-10-25-18(21-15)22-16(23)12-5-3-2-4-6-12/h2-10H,1H3,(H,20,24)(H,21,22,23). The third kappa shape index (κ3) is 4.32. The first kappa shape index (κ1) is 17.3. The van der Waals surface area contributed by atoms with Gasteiger partial charge in [0.05, 0.1) is 0 Å². The maximum atomic E-state index is 12.3. The summed E-state index contributed by atoms with van der Waals surface area (Å²) in [5.41, 5.74) is 2.46. The molecule has 0 radical (unpaired) electrons. The van der Waals surface area contributed by atoms with Crippen molar-refractivity contribution in [3.8, 4) is 0 Å². The van der Waals surface area contributed by atoms with Crippen molar-refractivity contribution in [2.45, 2.75) is 6.92 Å². The van der Waals surface area contributed by atoms with Crippen molar-refractivity contribution in [2.24, 2.45) is 0 Å². The maximum Gasteiger partial charge on any atom is 0.275 e. The van der Waals surface area contributed by atoms with Gasteiger partial charge >= 0.3 is 0 Å². The molecule has 0 saturated heterocycles. The minimum Gasteiger partial charge on any atom is -0.320 e. The van der Waals surface area contributed by atoms with Crippen LogP contribution < -0.4 is 10.6 Å². The van der Waals surface area contributed by atoms with E-state index in [-0.39, 0.29) is 17.5 Å². The summed E-state index contributed by atoms with van der Waals surface area (Å²) in [5.74, 6) is -0.576. The number of amides is 2. The molecule has 0 atom stereocenters. The average Bonchev–Trinajstić information content (AvgIpc) is 3.07. The summed E-state index contributed by atoms with van der Waals surface area (Å²) < 4.78 is 0.947. The summed E-state index contributed by atoms with van der Waals surface area (Å²) in [6.07, 6.45) is 0. The van der Waals surface area contributed by atoms with E-state index in [1.54, 1.807) is 29.6 Å². The largest absolute Gasteiger partial charge is 0.320 e. The van der Waals surface area contributed by atoms with E-state index >= 15 is 0 Å². The molecule has 0 aliphatic heterocycles. The molecule has 0 aliphatic carbocycles. The highest BCUT2D eigenvalue weighted by atomic mass is 79.9. The van der Waals surface area contributed by atoms with Crippen LogP contribution in [0.25, 0.3) is 0 Å². The van der Waals surface area contributed by atoms with Crippen LogP contribution in [0.15, 0.2) is 58.4 Å². The van der Waals surface area contributed by atoms with Gasteiger partial charge < -0.3 is 5.32 Å². The Hall–Kier alpha value is -2.51. The predicted octanol–water partition coefficient (Wildman–Crippen LogP) is 4.72. The highest BCUT2D eigenvalue weighted by molar-refractivity contribution is 9.10. The van der Waals surface area contributed by atoms with E-state index in [1.807, 2.05) is 31.2 Å². The van der Waals surface area contributed by atoms with Crippen molar-refractivity contribution in [3.05, 3.63) is 75.2 Å². The summed E-state index contributed by atoms with van der Waals surface area (Å²) in [4.78, 5) is 28.6. The molecule has 126 valence electrons. The topological polar surface area (TPSA) is 71.1 Å². The summed E-state index contributed by atoms with van der Waals surface area (Å²) in [5, 5.41) is 7.52. The molecule has 2 N–H and O–H groups in total. The Morgan fingerprint density at radius 1 is 1.04 bits per heavy atom. The quantitative estimate of drug-likeness (QED) is 0.647. The predicted molar refractivity (Wildman–Crippen MR) is 103 cm³/mol. The monoisotopic (exact) mass is 415 g/mol. The molecule has 3 rings (SSSR count). The minimum absolute atomic E-state index is 0.259. The molecule has 25 heavy (non-hydrogen) atoms. The number of hydrogen-bond donors (Lipinski definition) is 2. The number of aryl methyl sites for hydroxylation is 1. The van der Waals surface area contributed by atoms with Crippen molar-refractivity contribution in [1.82, 2.24) is 4.98 Å². The highest BCUT2D eigenvalue weighted by Crippen LogP contribution is 2.22. The summed E-state index contributed by atoms with van der Waals surface area (Å²) in [6, 6.07) is 14.4. The lowest BCUT2D eigenvalue weighted by molar-refractivity contribution is 0.101. The molecular formula is C18H14BrN3O2S. The van der Waals surface area contributed by atoms with Crippen LogP contribution >= 0.6 is 27.3 Å². The second-order valence-corrected chi connectivity index (χ2v) is 7.05. The number of anilines is 2. The van der Waals surface area contributed by atoms with Gasteiger partial charge in [0.15, 0.2) is 5.13 Å². The first-order valence-electron chi connectivity index (χ1n) is 7.42. The van der Waals surface area contributed by atoms with E-state index in [9.17, 15) is 9.59 Å². The van der Waals surface area contributed by atoms with Crippen LogP contribution in [-0.4, -0.2) is 16.8 Å². The van der Waals surface area contributed by atoms with Crippen molar-refractivity contribution in [2.75, 3.05) is 10.6 Å². The van der Waals surface area contributed by atoms with Crippen LogP contribution in [-0.2, 0) is 0 Å². The molecule has 1 aromatic heterocycles. The summed E-state index contributed by atoms with van der Waals surface area (Å²) >= 11 is 4.60. The molecule has 0 spiro atoms. The van der Waals surface area contributed by atoms with Crippen LogP contribution in [0.1, 0.15) is 26.4 Å². The fraction of sp³-hybridized carbons (Fsp3) is 0.0556. The molecule has 0 bridgehead atoms. The minimum atomic E-state index is -0.318. The van der Waals surface area contributed by atoms with Gasteiger partial charge in [0.25, 0.3) is 11.8 Å². The van der Waals surface area contributed by atoms with Gasteiger partial charge in [0, 0.05) is 21.1 Å². The number of nitrogens with one attached hydrogen (secondary N) is 2. The molecule has 0 aliphatic rings. The molecule has 7 heteroatoms. The van der Waals surface area contributed by atoms with E-state index in [4.69, 9.17) is 0 Å². The van der Waals surface area contributed by atoms with Gasteiger partial charge in [-0.3, -0.25) is 14.9 Å². The van der Waals surface area contributed by atoms with Gasteiger partial charge in [-0.25, -0.2) is 4.98 Å². The number of nitrogens with zero attached hydrogens (tertiary/aromatic N) is 1. The fourth-order valence-electron chi connectivity index (χ4n) is 2.15. The molecule has 0 saturated carbocycles. The van der Waals surface area contributed by atoms with Crippen LogP contribution in [0.5, 0.6) is 0 Å². The number of rotatable bonds is 4. The number of thiazole rings is 1. The van der Waals surface area contributed by atoms with Gasteiger partial charge in [-0.2, -0.15) is 0 Å². The number of carbonyl (C=O) groups excluding carboxylic acids is 2. The van der Waals surface area contributed by atoms with Gasteiger partial charge in [-0.15, -0.1) is 11.3 Å². The van der Waals surface area contributed by atoms with E-state index in [1.165, 1.54) is 11.3 Å². The van der Waals surface area contributed by atoms with Gasteiger partial charge in [0.2, 0.25) is 0 Å². The van der Waals surface area contributed by atoms with Gasteiger partial charge in [0.1, 0.15) is 5.69 Å². The van der Waals surface area contributed by atoms with Crippen LogP contribution in [0, 0.1) is 6.92 Å². The average molecular weight is 416 g/mol. The molecule has 5 nitrogen and oxygen atoms in total. The van der Waals surface area contributed by atoms with E-state index in [0.717, 1.165) is 15.7 Å². The fourth-order valence-corrected chi connectivity index (χ4v) is 3.31. The van der Waals surface area contributed by atoms with Gasteiger partial charge in [-0.05, 0) is 42.8 Å². The Balaban J connectivity index is 1.68. The zero-order chi connectivity index (χ0) is 17.8. The molecule has 1 heterocycles. The van der Waals surface area contributed by atoms with Crippen molar-refractivity contribution >= 4 is 49.9 Å². The van der Waals surface area contributed by atoms with Crippen LogP contribution in [0.4, 0.5) is 10.8 Å². The Labute approximate surface area is 157 Å². The maximum absolute atomic E-state index is 12.3. The van der Waals surface area contributed by atoms with Crippen molar-refractivity contribution < 1.29 is 9.59 Å². The smallest absolute Gasteiger partial charge is 0.275 e. The van der Waals surface area contributed by atoms with Crippen molar-refractivity contribution in [1.29, 1.82) is 0 Å².